The molecule has 16 heavy (non-hydrogen) atoms. The van der Waals surface area contributed by atoms with Crippen LogP contribution in [0.3, 0.4) is 0 Å². The van der Waals surface area contributed by atoms with Crippen molar-refractivity contribution in [2.24, 2.45) is 5.73 Å². The fraction of sp³-hybridized carbons (Fsp3) is 0.583. The minimum Gasteiger partial charge on any atom is -0.391 e. The number of aliphatic hydroxyl groups is 1. The van der Waals surface area contributed by atoms with E-state index in [1.54, 1.807) is 0 Å². The van der Waals surface area contributed by atoms with Gasteiger partial charge in [-0.25, -0.2) is 0 Å². The zero-order valence-electron chi connectivity index (χ0n) is 9.63. The van der Waals surface area contributed by atoms with E-state index in [4.69, 9.17) is 5.73 Å². The van der Waals surface area contributed by atoms with Gasteiger partial charge in [0.25, 0.3) is 0 Å². The van der Waals surface area contributed by atoms with Crippen molar-refractivity contribution in [2.45, 2.75) is 31.9 Å². The number of anilines is 1. The second-order valence-electron chi connectivity index (χ2n) is 4.34. The Morgan fingerprint density at radius 3 is 2.94 bits per heavy atom. The molecule has 1 saturated heterocycles. The standard InChI is InChI=1S/C12H19N3O/c1-2-11(13)12-4-3-9(7-14-12)15-6-5-10(16)8-15/h3-4,7,10-11,16H,2,5-6,8,13H2,1H3. The number of pyridine rings is 1. The lowest BCUT2D eigenvalue weighted by molar-refractivity contribution is 0.198. The predicted molar refractivity (Wildman–Crippen MR) is 64.3 cm³/mol. The number of hydrogen-bond donors (Lipinski definition) is 2. The van der Waals surface area contributed by atoms with E-state index in [2.05, 4.69) is 16.8 Å². The van der Waals surface area contributed by atoms with Crippen molar-refractivity contribution in [3.05, 3.63) is 24.0 Å². The monoisotopic (exact) mass is 221 g/mol. The molecule has 0 bridgehead atoms. The van der Waals surface area contributed by atoms with Gasteiger partial charge in [0, 0.05) is 19.1 Å². The second kappa shape index (κ2) is 4.80. The molecule has 1 aromatic heterocycles. The minimum atomic E-state index is -0.197. The molecule has 0 amide bonds. The van der Waals surface area contributed by atoms with E-state index >= 15 is 0 Å². The van der Waals surface area contributed by atoms with E-state index in [9.17, 15) is 5.11 Å². The lowest BCUT2D eigenvalue weighted by Gasteiger charge is -2.18. The Bertz CT molecular complexity index is 339. The average Bonchev–Trinajstić information content (AvgIpc) is 2.75. The van der Waals surface area contributed by atoms with Gasteiger partial charge in [0.2, 0.25) is 0 Å². The first kappa shape index (κ1) is 11.4. The van der Waals surface area contributed by atoms with Crippen LogP contribution in [0.4, 0.5) is 5.69 Å². The van der Waals surface area contributed by atoms with Crippen LogP contribution in [-0.2, 0) is 0 Å². The first-order chi connectivity index (χ1) is 7.70. The van der Waals surface area contributed by atoms with Crippen LogP contribution in [-0.4, -0.2) is 29.3 Å². The molecule has 3 N–H and O–H groups in total. The number of rotatable bonds is 3. The highest BCUT2D eigenvalue weighted by atomic mass is 16.3. The van der Waals surface area contributed by atoms with E-state index in [1.165, 1.54) is 0 Å². The van der Waals surface area contributed by atoms with Crippen LogP contribution in [0.5, 0.6) is 0 Å². The Labute approximate surface area is 96.1 Å². The molecule has 1 aliphatic rings. The van der Waals surface area contributed by atoms with Gasteiger partial charge in [0.1, 0.15) is 0 Å². The number of hydrogen-bond acceptors (Lipinski definition) is 4. The highest BCUT2D eigenvalue weighted by molar-refractivity contribution is 5.46. The molecule has 2 unspecified atom stereocenters. The highest BCUT2D eigenvalue weighted by Crippen LogP contribution is 2.21. The van der Waals surface area contributed by atoms with Crippen molar-refractivity contribution in [2.75, 3.05) is 18.0 Å². The van der Waals surface area contributed by atoms with Crippen molar-refractivity contribution < 1.29 is 5.11 Å². The number of nitrogens with two attached hydrogens (primary N) is 1. The molecule has 0 radical (unpaired) electrons. The van der Waals surface area contributed by atoms with Gasteiger partial charge in [0.15, 0.2) is 0 Å². The summed E-state index contributed by atoms with van der Waals surface area (Å²) in [6.07, 6.45) is 3.39. The van der Waals surface area contributed by atoms with Gasteiger partial charge in [-0.05, 0) is 25.0 Å². The maximum absolute atomic E-state index is 9.46. The zero-order valence-corrected chi connectivity index (χ0v) is 9.63. The van der Waals surface area contributed by atoms with Crippen molar-refractivity contribution in [3.8, 4) is 0 Å². The molecule has 0 spiro atoms. The first-order valence-electron chi connectivity index (χ1n) is 5.85. The summed E-state index contributed by atoms with van der Waals surface area (Å²) in [6, 6.07) is 4.04. The summed E-state index contributed by atoms with van der Waals surface area (Å²) >= 11 is 0. The number of aliphatic hydroxyl groups excluding tert-OH is 1. The minimum absolute atomic E-state index is 0.0261. The zero-order chi connectivity index (χ0) is 11.5. The van der Waals surface area contributed by atoms with E-state index in [0.29, 0.717) is 6.54 Å². The average molecular weight is 221 g/mol. The predicted octanol–water partition coefficient (Wildman–Crippen LogP) is 1.06. The molecule has 88 valence electrons. The molecule has 1 aliphatic heterocycles. The van der Waals surface area contributed by atoms with Crippen LogP contribution in [0.1, 0.15) is 31.5 Å². The first-order valence-corrected chi connectivity index (χ1v) is 5.85. The smallest absolute Gasteiger partial charge is 0.0731 e. The molecule has 4 nitrogen and oxygen atoms in total. The number of β-amino-alcohol motifs (C(OH)–C–C–N with tert-alkyl or cyclic N) is 1. The molecule has 2 heterocycles. The number of aromatic nitrogens is 1. The van der Waals surface area contributed by atoms with Crippen LogP contribution in [0.15, 0.2) is 18.3 Å². The van der Waals surface area contributed by atoms with Crippen LogP contribution < -0.4 is 10.6 Å². The van der Waals surface area contributed by atoms with Gasteiger partial charge in [-0.1, -0.05) is 6.92 Å². The Morgan fingerprint density at radius 2 is 2.44 bits per heavy atom. The summed E-state index contributed by atoms with van der Waals surface area (Å²) < 4.78 is 0. The van der Waals surface area contributed by atoms with Gasteiger partial charge >= 0.3 is 0 Å². The summed E-state index contributed by atoms with van der Waals surface area (Å²) in [7, 11) is 0. The van der Waals surface area contributed by atoms with E-state index in [0.717, 1.165) is 30.8 Å². The normalized spacial score (nSPS) is 22.4. The summed E-state index contributed by atoms with van der Waals surface area (Å²) in [5, 5.41) is 9.46. The fourth-order valence-electron chi connectivity index (χ4n) is 1.99. The van der Waals surface area contributed by atoms with Crippen molar-refractivity contribution >= 4 is 5.69 Å². The quantitative estimate of drug-likeness (QED) is 0.801. The molecule has 4 heteroatoms. The molecule has 2 atom stereocenters. The Balaban J connectivity index is 2.07. The van der Waals surface area contributed by atoms with E-state index in [-0.39, 0.29) is 12.1 Å². The SMILES string of the molecule is CCC(N)c1ccc(N2CCC(O)C2)cn1. The van der Waals surface area contributed by atoms with Crippen LogP contribution in [0.2, 0.25) is 0 Å². The second-order valence-corrected chi connectivity index (χ2v) is 4.34. The Hall–Kier alpha value is -1.13. The lowest BCUT2D eigenvalue weighted by Crippen LogP contribution is -2.21. The third-order valence-corrected chi connectivity index (χ3v) is 3.12. The molecule has 1 fully saturated rings. The maximum Gasteiger partial charge on any atom is 0.0731 e. The van der Waals surface area contributed by atoms with Gasteiger partial charge in [0.05, 0.1) is 23.7 Å². The van der Waals surface area contributed by atoms with E-state index < -0.39 is 0 Å². The lowest BCUT2D eigenvalue weighted by atomic mass is 10.1. The van der Waals surface area contributed by atoms with Gasteiger partial charge in [-0.3, -0.25) is 4.98 Å². The number of nitrogens with zero attached hydrogens (tertiary/aromatic N) is 2. The fourth-order valence-corrected chi connectivity index (χ4v) is 1.99. The van der Waals surface area contributed by atoms with Crippen LogP contribution in [0.25, 0.3) is 0 Å². The molecule has 0 saturated carbocycles. The third-order valence-electron chi connectivity index (χ3n) is 3.12. The maximum atomic E-state index is 9.46. The summed E-state index contributed by atoms with van der Waals surface area (Å²) in [6.45, 7) is 3.67. The van der Waals surface area contributed by atoms with E-state index in [1.807, 2.05) is 18.3 Å². The largest absolute Gasteiger partial charge is 0.391 e. The van der Waals surface area contributed by atoms with Gasteiger partial charge < -0.3 is 15.7 Å². The van der Waals surface area contributed by atoms with Crippen LogP contribution >= 0.6 is 0 Å². The molecular formula is C12H19N3O. The summed E-state index contributed by atoms with van der Waals surface area (Å²) in [4.78, 5) is 6.52. The molecule has 1 aromatic rings. The molecular weight excluding hydrogens is 202 g/mol. The molecule has 2 rings (SSSR count). The topological polar surface area (TPSA) is 62.4 Å². The Morgan fingerprint density at radius 1 is 1.62 bits per heavy atom. The molecule has 0 aromatic carbocycles. The third kappa shape index (κ3) is 2.33. The summed E-state index contributed by atoms with van der Waals surface area (Å²) in [5.74, 6) is 0. The van der Waals surface area contributed by atoms with Crippen molar-refractivity contribution in [1.29, 1.82) is 0 Å². The van der Waals surface area contributed by atoms with Crippen LogP contribution in [0, 0.1) is 0 Å². The Kier molecular flexibility index (Phi) is 3.41. The van der Waals surface area contributed by atoms with Crippen molar-refractivity contribution in [3.63, 3.8) is 0 Å². The van der Waals surface area contributed by atoms with Gasteiger partial charge in [-0.2, -0.15) is 0 Å². The highest BCUT2D eigenvalue weighted by Gasteiger charge is 2.20. The van der Waals surface area contributed by atoms with Gasteiger partial charge in [-0.15, -0.1) is 0 Å². The summed E-state index contributed by atoms with van der Waals surface area (Å²) in [5.41, 5.74) is 7.91. The van der Waals surface area contributed by atoms with Crippen molar-refractivity contribution in [1.82, 2.24) is 4.98 Å². The molecule has 0 aliphatic carbocycles.